The third-order valence-electron chi connectivity index (χ3n) is 17.7. The van der Waals surface area contributed by atoms with Crippen molar-refractivity contribution in [3.63, 3.8) is 0 Å². The lowest BCUT2D eigenvalue weighted by atomic mass is 9.92. The van der Waals surface area contributed by atoms with Gasteiger partial charge in [0.25, 0.3) is 0 Å². The summed E-state index contributed by atoms with van der Waals surface area (Å²) >= 11 is 0. The number of nitrogens with zero attached hydrogens (tertiary/aromatic N) is 6. The van der Waals surface area contributed by atoms with E-state index in [1.165, 1.54) is 11.1 Å². The lowest BCUT2D eigenvalue weighted by Crippen LogP contribution is -2.60. The topological polar surface area (TPSA) is 217 Å². The van der Waals surface area contributed by atoms with Gasteiger partial charge in [0.2, 0.25) is 11.8 Å². The highest BCUT2D eigenvalue weighted by Gasteiger charge is 2.34. The number of nitrogens with one attached hydrogen (secondary N) is 6. The number of allylic oxidation sites excluding steroid dienone is 4. The number of hydrogen-bond donors (Lipinski definition) is 10. The zero-order chi connectivity index (χ0) is 55.9. The summed E-state index contributed by atoms with van der Waals surface area (Å²) in [4.78, 5) is 29.1. The Balaban J connectivity index is 1.10. The van der Waals surface area contributed by atoms with Crippen LogP contribution in [0.2, 0.25) is 0 Å². The average molecular weight is 1080 g/mol. The lowest BCUT2D eigenvalue weighted by Gasteiger charge is -2.30. The summed E-state index contributed by atoms with van der Waals surface area (Å²) in [7, 11) is 0. The van der Waals surface area contributed by atoms with Gasteiger partial charge in [-0.05, 0) is 133 Å². The number of benzene rings is 2. The molecule has 0 amide bonds. The minimum absolute atomic E-state index is 0.00454. The molecule has 3 aromatic heterocycles. The number of hydrogen-bond acceptors (Lipinski definition) is 10. The molecule has 11 rings (SSSR count). The van der Waals surface area contributed by atoms with Gasteiger partial charge in [0.1, 0.15) is 12.1 Å². The number of aryl methyl sites for hydroxylation is 4. The first-order chi connectivity index (χ1) is 38.9. The van der Waals surface area contributed by atoms with Crippen molar-refractivity contribution >= 4 is 68.1 Å². The second-order valence-corrected chi connectivity index (χ2v) is 22.4. The van der Waals surface area contributed by atoms with Gasteiger partial charge in [-0.3, -0.25) is 30.4 Å². The summed E-state index contributed by atoms with van der Waals surface area (Å²) in [6.45, 7) is 21.9. The molecular formula is C64H80N12O4+2. The molecule has 0 saturated heterocycles. The predicted molar refractivity (Wildman–Crippen MR) is 324 cm³/mol. The van der Waals surface area contributed by atoms with Gasteiger partial charge in [0.05, 0.1) is 98.4 Å². The van der Waals surface area contributed by atoms with Crippen molar-refractivity contribution in [2.75, 3.05) is 52.5 Å². The molecule has 5 aromatic rings. The van der Waals surface area contributed by atoms with Crippen LogP contribution in [0.5, 0.6) is 0 Å². The number of guanidine groups is 2. The molecule has 418 valence electrons. The highest BCUT2D eigenvalue weighted by molar-refractivity contribution is 6.09. The van der Waals surface area contributed by atoms with Crippen molar-refractivity contribution < 1.29 is 29.6 Å². The number of aliphatic hydroxyl groups excluding tert-OH is 4. The molecule has 6 aliphatic heterocycles. The van der Waals surface area contributed by atoms with E-state index in [1.807, 2.05) is 36.4 Å². The first kappa shape index (κ1) is 54.4. The highest BCUT2D eigenvalue weighted by Crippen LogP contribution is 2.45. The van der Waals surface area contributed by atoms with Crippen LogP contribution in [-0.2, 0) is 12.8 Å². The van der Waals surface area contributed by atoms with Crippen LogP contribution in [0.3, 0.4) is 0 Å². The number of aliphatic hydroxyl groups is 4. The van der Waals surface area contributed by atoms with Crippen molar-refractivity contribution in [1.82, 2.24) is 41.2 Å². The molecule has 0 aliphatic carbocycles. The third kappa shape index (κ3) is 9.98. The van der Waals surface area contributed by atoms with Crippen molar-refractivity contribution in [3.8, 4) is 22.3 Å². The normalized spacial score (nSPS) is 20.6. The van der Waals surface area contributed by atoms with E-state index in [4.69, 9.17) is 20.0 Å². The summed E-state index contributed by atoms with van der Waals surface area (Å²) in [6.07, 6.45) is 6.54. The Hall–Kier alpha value is -7.56. The zero-order valence-corrected chi connectivity index (χ0v) is 47.9. The van der Waals surface area contributed by atoms with Crippen LogP contribution >= 0.6 is 0 Å². The number of aromatic amines is 2. The molecule has 10 N–H and O–H groups in total. The van der Waals surface area contributed by atoms with E-state index in [9.17, 15) is 20.4 Å². The summed E-state index contributed by atoms with van der Waals surface area (Å²) in [5.41, 5.74) is 20.9. The SMILES string of the molecule is CCC1=C(C)c2nc1cc1[nH]c(c(C)c1CC)c(-c1ccccc1C(O)=NC[C@@H]1CC[N+]3=C(N[C@H](CO)CC3)N1)c1nc(cc3[nH]c(c(C)c3CC)c2-c2ccccc2C(O)=NC[C@@H]2CC[N+]3=C(N[C@H](CO)CC3)N2)C(CC)=C1C. The maximum absolute atomic E-state index is 12.2. The monoisotopic (exact) mass is 1080 g/mol. The molecule has 0 radical (unpaired) electrons. The predicted octanol–water partition coefficient (Wildman–Crippen LogP) is 8.85. The van der Waals surface area contributed by atoms with E-state index < -0.39 is 0 Å². The van der Waals surface area contributed by atoms with E-state index in [2.05, 4.69) is 120 Å². The summed E-state index contributed by atoms with van der Waals surface area (Å²) in [5, 5.41) is 58.3. The Labute approximate surface area is 469 Å². The highest BCUT2D eigenvalue weighted by atomic mass is 16.3. The van der Waals surface area contributed by atoms with Gasteiger partial charge in [-0.2, -0.15) is 0 Å². The molecule has 8 bridgehead atoms. The van der Waals surface area contributed by atoms with Crippen LogP contribution in [0.1, 0.15) is 136 Å². The molecule has 0 fully saturated rings. The number of fused-ring (bicyclic) bond motifs is 8. The van der Waals surface area contributed by atoms with Crippen LogP contribution in [0.4, 0.5) is 0 Å². The molecule has 2 aromatic carbocycles. The van der Waals surface area contributed by atoms with Crippen molar-refractivity contribution in [3.05, 3.63) is 117 Å². The van der Waals surface area contributed by atoms with E-state index >= 15 is 0 Å². The Morgan fingerprint density at radius 1 is 0.537 bits per heavy atom. The maximum atomic E-state index is 12.2. The molecule has 0 spiro atoms. The van der Waals surface area contributed by atoms with E-state index in [1.54, 1.807) is 0 Å². The van der Waals surface area contributed by atoms with Crippen molar-refractivity contribution in [2.45, 2.75) is 131 Å². The maximum Gasteiger partial charge on any atom is 0.346 e. The fourth-order valence-corrected chi connectivity index (χ4v) is 13.2. The van der Waals surface area contributed by atoms with E-state index in [0.717, 1.165) is 190 Å². The van der Waals surface area contributed by atoms with Crippen LogP contribution in [-0.4, -0.2) is 150 Å². The standard InChI is InChI=1S/C64H78N12O4/c1-9-43-35(5)57-55(47-17-13-15-19-49(47)61(79)65-31-39-21-25-75-27-23-41(33-77)69-63(75)67-39)58-37(7)45(11-3)53(73-58)30-54-46(12-4)38(8)60(74-54)56(59-36(6)44(10-2)52(72-59)29-51(43)71-57)48-18-14-16-20-50(48)62(80)66-32-40-22-26-76-28-24-42(34-78)70-64(76)68-40/h13-20,29-30,39-42,77-78H,9-12,21-28,31-34H2,1-8H3,(H6,65,66,67,68,69,70,71,72,73,74,79,80)/p+2/t39-,40-,41-,42-/m0/s1. The van der Waals surface area contributed by atoms with Crippen LogP contribution in [0.25, 0.3) is 66.6 Å². The first-order valence-corrected chi connectivity index (χ1v) is 29.2. The molecule has 0 saturated carbocycles. The smallest absolute Gasteiger partial charge is 0.346 e. The van der Waals surface area contributed by atoms with Crippen LogP contribution in [0, 0.1) is 13.8 Å². The quantitative estimate of drug-likeness (QED) is 0.0290. The average Bonchev–Trinajstić information content (AvgIpc) is 4.29. The number of H-pyrrole nitrogens is 2. The zero-order valence-electron chi connectivity index (χ0n) is 47.9. The fourth-order valence-electron chi connectivity index (χ4n) is 13.2. The van der Waals surface area contributed by atoms with Gasteiger partial charge in [0.15, 0.2) is 0 Å². The van der Waals surface area contributed by atoms with Gasteiger partial charge in [0, 0.05) is 59.0 Å². The van der Waals surface area contributed by atoms with Crippen LogP contribution < -0.4 is 21.3 Å². The second kappa shape index (κ2) is 22.9. The third-order valence-corrected chi connectivity index (χ3v) is 17.7. The summed E-state index contributed by atoms with van der Waals surface area (Å²) in [5.74, 6) is 1.79. The van der Waals surface area contributed by atoms with Gasteiger partial charge in [-0.15, -0.1) is 0 Å². The minimum atomic E-state index is -0.0318. The fraction of sp³-hybridized carbons (Fsp3) is 0.438. The van der Waals surface area contributed by atoms with Gasteiger partial charge < -0.3 is 30.4 Å². The Morgan fingerprint density at radius 3 is 1.29 bits per heavy atom. The molecule has 0 unspecified atom stereocenters. The molecule has 80 heavy (non-hydrogen) atoms. The molecule has 6 aliphatic rings. The van der Waals surface area contributed by atoms with Crippen molar-refractivity contribution in [2.24, 2.45) is 9.98 Å². The molecular weight excluding hydrogens is 1000 g/mol. The minimum Gasteiger partial charge on any atom is -0.493 e. The molecule has 4 atom stereocenters. The number of aliphatic imine (C=N–C) groups is 2. The van der Waals surface area contributed by atoms with E-state index in [-0.39, 0.29) is 49.2 Å². The van der Waals surface area contributed by atoms with E-state index in [0.29, 0.717) is 24.2 Å². The lowest BCUT2D eigenvalue weighted by molar-refractivity contribution is -0.542. The van der Waals surface area contributed by atoms with Gasteiger partial charge >= 0.3 is 11.9 Å². The van der Waals surface area contributed by atoms with Gasteiger partial charge in [-0.1, -0.05) is 64.1 Å². The first-order valence-electron chi connectivity index (χ1n) is 29.2. The second-order valence-electron chi connectivity index (χ2n) is 22.4. The largest absolute Gasteiger partial charge is 0.493 e. The Bertz CT molecular complexity index is 3410. The number of rotatable bonds is 14. The van der Waals surface area contributed by atoms with Crippen molar-refractivity contribution in [1.29, 1.82) is 0 Å². The Kier molecular flexibility index (Phi) is 15.6. The number of aromatic nitrogens is 4. The molecule has 16 heteroatoms. The molecule has 16 nitrogen and oxygen atoms in total. The molecule has 9 heterocycles. The van der Waals surface area contributed by atoms with Crippen LogP contribution in [0.15, 0.2) is 70.6 Å². The Morgan fingerprint density at radius 2 is 0.912 bits per heavy atom. The van der Waals surface area contributed by atoms with Gasteiger partial charge in [-0.25, -0.2) is 20.0 Å². The summed E-state index contributed by atoms with van der Waals surface area (Å²) < 4.78 is 4.58. The summed E-state index contributed by atoms with van der Waals surface area (Å²) in [6, 6.07) is 20.5.